The summed E-state index contributed by atoms with van der Waals surface area (Å²) < 4.78 is 13.0. The molecule has 8 heteroatoms. The molecule has 0 unspecified atom stereocenters. The number of benzene rings is 2. The fraction of sp³-hybridized carbons (Fsp3) is 0.286. The third-order valence-corrected chi connectivity index (χ3v) is 4.94. The lowest BCUT2D eigenvalue weighted by atomic mass is 9.97. The van der Waals surface area contributed by atoms with Crippen molar-refractivity contribution in [3.63, 3.8) is 0 Å². The zero-order valence-corrected chi connectivity index (χ0v) is 15.8. The van der Waals surface area contributed by atoms with E-state index >= 15 is 0 Å². The van der Waals surface area contributed by atoms with Crippen molar-refractivity contribution in [1.29, 1.82) is 0 Å². The van der Waals surface area contributed by atoms with Crippen molar-refractivity contribution in [1.82, 2.24) is 21.5 Å². The van der Waals surface area contributed by atoms with Crippen molar-refractivity contribution >= 4 is 17.8 Å². The monoisotopic (exact) mass is 398 g/mol. The van der Waals surface area contributed by atoms with Gasteiger partial charge < -0.3 is 10.6 Å². The maximum absolute atomic E-state index is 13.0. The van der Waals surface area contributed by atoms with Crippen LogP contribution in [0.2, 0.25) is 0 Å². The Hall–Kier alpha value is -3.42. The van der Waals surface area contributed by atoms with E-state index in [4.69, 9.17) is 0 Å². The molecule has 0 aliphatic heterocycles. The van der Waals surface area contributed by atoms with Crippen molar-refractivity contribution in [2.24, 2.45) is 0 Å². The van der Waals surface area contributed by atoms with E-state index in [9.17, 15) is 18.8 Å². The first-order valence-electron chi connectivity index (χ1n) is 9.45. The highest BCUT2D eigenvalue weighted by molar-refractivity contribution is 5.97. The fourth-order valence-electron chi connectivity index (χ4n) is 3.33. The van der Waals surface area contributed by atoms with Crippen molar-refractivity contribution in [3.8, 4) is 0 Å². The second-order valence-corrected chi connectivity index (χ2v) is 7.00. The largest absolute Gasteiger partial charge is 0.334 e. The molecule has 0 radical (unpaired) electrons. The van der Waals surface area contributed by atoms with Crippen LogP contribution in [0.1, 0.15) is 41.6 Å². The van der Waals surface area contributed by atoms with Gasteiger partial charge in [-0.3, -0.25) is 20.4 Å². The maximum Gasteiger partial charge on any atom is 0.315 e. The molecule has 1 aliphatic rings. The molecule has 0 atom stereocenters. The molecule has 1 saturated carbocycles. The van der Waals surface area contributed by atoms with Gasteiger partial charge in [0.05, 0.1) is 0 Å². The zero-order valence-electron chi connectivity index (χ0n) is 15.8. The molecular weight excluding hydrogens is 375 g/mol. The smallest absolute Gasteiger partial charge is 0.315 e. The highest BCUT2D eigenvalue weighted by Crippen LogP contribution is 2.29. The summed E-state index contributed by atoms with van der Waals surface area (Å²) in [5.41, 5.74) is 4.77. The number of halogens is 1. The lowest BCUT2D eigenvalue weighted by Gasteiger charge is -2.29. The van der Waals surface area contributed by atoms with E-state index in [1.165, 1.54) is 12.1 Å². The Bertz CT molecular complexity index is 865. The van der Waals surface area contributed by atoms with Gasteiger partial charge in [-0.15, -0.1) is 0 Å². The first-order valence-corrected chi connectivity index (χ1v) is 9.45. The first kappa shape index (κ1) is 20.3. The molecule has 1 fully saturated rings. The SMILES string of the molecule is O=C(NCc1ccccc1)NC1(C(=O)NNC(=O)c2ccc(F)cc2)CCCC1. The second kappa shape index (κ2) is 9.18. The summed E-state index contributed by atoms with van der Waals surface area (Å²) in [5.74, 6) is -1.51. The molecule has 4 N–H and O–H groups in total. The highest BCUT2D eigenvalue weighted by Gasteiger charge is 2.42. The molecular formula is C21H23FN4O3. The van der Waals surface area contributed by atoms with Gasteiger partial charge in [-0.2, -0.15) is 0 Å². The summed E-state index contributed by atoms with van der Waals surface area (Å²) in [6.45, 7) is 0.339. The first-order chi connectivity index (χ1) is 14.0. The normalized spacial score (nSPS) is 14.7. The van der Waals surface area contributed by atoms with Gasteiger partial charge in [0.25, 0.3) is 11.8 Å². The molecule has 2 aromatic rings. The Morgan fingerprint density at radius 3 is 2.21 bits per heavy atom. The van der Waals surface area contributed by atoms with Gasteiger partial charge in [-0.05, 0) is 42.7 Å². The molecule has 4 amide bonds. The number of hydrogen-bond donors (Lipinski definition) is 4. The van der Waals surface area contributed by atoms with Crippen LogP contribution in [0, 0.1) is 5.82 Å². The minimum Gasteiger partial charge on any atom is -0.334 e. The number of hydrogen-bond acceptors (Lipinski definition) is 3. The van der Waals surface area contributed by atoms with Crippen molar-refractivity contribution in [3.05, 3.63) is 71.5 Å². The molecule has 152 valence electrons. The lowest BCUT2D eigenvalue weighted by molar-refractivity contribution is -0.127. The number of carbonyl (C=O) groups excluding carboxylic acids is 3. The van der Waals surface area contributed by atoms with Gasteiger partial charge in [-0.1, -0.05) is 43.2 Å². The lowest BCUT2D eigenvalue weighted by Crippen LogP contribution is -2.61. The van der Waals surface area contributed by atoms with Gasteiger partial charge >= 0.3 is 6.03 Å². The summed E-state index contributed by atoms with van der Waals surface area (Å²) in [7, 11) is 0. The molecule has 29 heavy (non-hydrogen) atoms. The Kier molecular flexibility index (Phi) is 6.43. The Morgan fingerprint density at radius 2 is 1.55 bits per heavy atom. The average molecular weight is 398 g/mol. The van der Waals surface area contributed by atoms with Crippen LogP contribution in [-0.4, -0.2) is 23.4 Å². The summed E-state index contributed by atoms with van der Waals surface area (Å²) in [4.78, 5) is 37.2. The predicted octanol–water partition coefficient (Wildman–Crippen LogP) is 2.40. The molecule has 0 heterocycles. The summed E-state index contributed by atoms with van der Waals surface area (Å²) >= 11 is 0. The molecule has 7 nitrogen and oxygen atoms in total. The van der Waals surface area contributed by atoms with Gasteiger partial charge in [0, 0.05) is 12.1 Å². The number of urea groups is 1. The molecule has 0 aromatic heterocycles. The van der Waals surface area contributed by atoms with Gasteiger partial charge in [-0.25, -0.2) is 9.18 Å². The van der Waals surface area contributed by atoms with Crippen LogP contribution in [0.15, 0.2) is 54.6 Å². The average Bonchev–Trinajstić information content (AvgIpc) is 3.21. The van der Waals surface area contributed by atoms with Gasteiger partial charge in [0.15, 0.2) is 0 Å². The third kappa shape index (κ3) is 5.31. The number of amides is 4. The standard InChI is InChI=1S/C21H23FN4O3/c22-17-10-8-16(9-11-17)18(27)25-26-19(28)21(12-4-5-13-21)24-20(29)23-14-15-6-2-1-3-7-15/h1-3,6-11H,4-5,12-14H2,(H,25,27)(H,26,28)(H2,23,24,29). The van der Waals surface area contributed by atoms with Crippen LogP contribution in [-0.2, 0) is 11.3 Å². The number of hydrazine groups is 1. The molecule has 0 spiro atoms. The van der Waals surface area contributed by atoms with E-state index < -0.39 is 29.2 Å². The second-order valence-electron chi connectivity index (χ2n) is 7.00. The van der Waals surface area contributed by atoms with Crippen molar-refractivity contribution in [2.75, 3.05) is 0 Å². The molecule has 3 rings (SSSR count). The van der Waals surface area contributed by atoms with Crippen molar-refractivity contribution < 1.29 is 18.8 Å². The van der Waals surface area contributed by atoms with E-state index in [1.807, 2.05) is 30.3 Å². The summed E-state index contributed by atoms with van der Waals surface area (Å²) in [5, 5.41) is 5.52. The van der Waals surface area contributed by atoms with E-state index in [0.29, 0.717) is 19.4 Å². The Morgan fingerprint density at radius 1 is 0.897 bits per heavy atom. The molecule has 2 aromatic carbocycles. The van der Waals surface area contributed by atoms with Crippen LogP contribution in [0.3, 0.4) is 0 Å². The van der Waals surface area contributed by atoms with E-state index in [1.54, 1.807) is 0 Å². The van der Waals surface area contributed by atoms with Crippen LogP contribution >= 0.6 is 0 Å². The predicted molar refractivity (Wildman–Crippen MR) is 105 cm³/mol. The van der Waals surface area contributed by atoms with E-state index in [0.717, 1.165) is 30.5 Å². The maximum atomic E-state index is 13.0. The number of rotatable bonds is 5. The van der Waals surface area contributed by atoms with Crippen LogP contribution in [0.4, 0.5) is 9.18 Å². The number of carbonyl (C=O) groups is 3. The topological polar surface area (TPSA) is 99.3 Å². The summed E-state index contributed by atoms with van der Waals surface area (Å²) in [6, 6.07) is 13.9. The molecule has 1 aliphatic carbocycles. The highest BCUT2D eigenvalue weighted by atomic mass is 19.1. The van der Waals surface area contributed by atoms with E-state index in [2.05, 4.69) is 21.5 Å². The molecule has 0 saturated heterocycles. The van der Waals surface area contributed by atoms with Gasteiger partial charge in [0.2, 0.25) is 0 Å². The Balaban J connectivity index is 1.55. The summed E-state index contributed by atoms with van der Waals surface area (Å²) in [6.07, 6.45) is 2.53. The quantitative estimate of drug-likeness (QED) is 0.582. The minimum atomic E-state index is -1.09. The van der Waals surface area contributed by atoms with Gasteiger partial charge in [0.1, 0.15) is 11.4 Å². The van der Waals surface area contributed by atoms with Crippen LogP contribution in [0.25, 0.3) is 0 Å². The third-order valence-electron chi connectivity index (χ3n) is 4.94. The van der Waals surface area contributed by atoms with E-state index in [-0.39, 0.29) is 5.56 Å². The Labute approximate surface area is 168 Å². The van der Waals surface area contributed by atoms with Crippen LogP contribution < -0.4 is 21.5 Å². The van der Waals surface area contributed by atoms with Crippen molar-refractivity contribution in [2.45, 2.75) is 37.8 Å². The minimum absolute atomic E-state index is 0.209. The van der Waals surface area contributed by atoms with Crippen LogP contribution in [0.5, 0.6) is 0 Å². The molecule has 0 bridgehead atoms. The number of nitrogens with one attached hydrogen (secondary N) is 4. The zero-order chi connectivity index (χ0) is 20.7. The fourth-order valence-corrected chi connectivity index (χ4v) is 3.33.